The van der Waals surface area contributed by atoms with E-state index in [1.54, 1.807) is 0 Å². The Morgan fingerprint density at radius 2 is 1.15 bits per heavy atom. The van der Waals surface area contributed by atoms with E-state index >= 15 is 0 Å². The van der Waals surface area contributed by atoms with Crippen LogP contribution in [0.5, 0.6) is 0 Å². The highest BCUT2D eigenvalue weighted by molar-refractivity contribution is 7.76. The summed E-state index contributed by atoms with van der Waals surface area (Å²) in [6, 6.07) is 0.344. The van der Waals surface area contributed by atoms with Crippen molar-refractivity contribution in [1.82, 2.24) is 4.31 Å². The van der Waals surface area contributed by atoms with E-state index in [4.69, 9.17) is 0 Å². The molecule has 0 heterocycles. The molecule has 26 heavy (non-hydrogen) atoms. The van der Waals surface area contributed by atoms with Crippen molar-refractivity contribution >= 4 is 11.3 Å². The first-order valence-corrected chi connectivity index (χ1v) is 12.7. The van der Waals surface area contributed by atoms with Gasteiger partial charge in [0.2, 0.25) is 11.3 Å². The van der Waals surface area contributed by atoms with E-state index in [0.29, 0.717) is 6.04 Å². The standard InChI is InChI=1S/C22H45NO2S/c1-2-3-4-5-6-7-8-9-10-11-12-13-14-18-21-23(26(24)25)22-19-16-15-17-20-22/h22H,2-21H2,1H3,(H,24,25). The molecule has 0 aliphatic heterocycles. The topological polar surface area (TPSA) is 40.5 Å². The van der Waals surface area contributed by atoms with Gasteiger partial charge in [0, 0.05) is 12.6 Å². The molecule has 0 spiro atoms. The molecule has 1 atom stereocenters. The normalized spacial score (nSPS) is 17.0. The lowest BCUT2D eigenvalue weighted by atomic mass is 9.95. The summed E-state index contributed by atoms with van der Waals surface area (Å²) in [5, 5.41) is 0. The predicted molar refractivity (Wildman–Crippen MR) is 115 cm³/mol. The first-order valence-electron chi connectivity index (χ1n) is 11.6. The molecule has 0 bridgehead atoms. The van der Waals surface area contributed by atoms with Crippen LogP contribution in [0.2, 0.25) is 0 Å². The molecule has 0 amide bonds. The molecule has 1 aliphatic carbocycles. The zero-order valence-corrected chi connectivity index (χ0v) is 18.2. The molecule has 0 radical (unpaired) electrons. The van der Waals surface area contributed by atoms with Gasteiger partial charge in [0.05, 0.1) is 0 Å². The Morgan fingerprint density at radius 3 is 1.58 bits per heavy atom. The molecule has 0 aromatic heterocycles. The van der Waals surface area contributed by atoms with Crippen LogP contribution in [-0.4, -0.2) is 25.7 Å². The average Bonchev–Trinajstić information content (AvgIpc) is 2.65. The Bertz CT molecular complexity index is 332. The van der Waals surface area contributed by atoms with Crippen LogP contribution >= 0.6 is 0 Å². The smallest absolute Gasteiger partial charge is 0.234 e. The fraction of sp³-hybridized carbons (Fsp3) is 1.00. The number of hydrogen-bond donors (Lipinski definition) is 1. The van der Waals surface area contributed by atoms with E-state index in [9.17, 15) is 8.76 Å². The SMILES string of the molecule is CCCCCCCCCCCCCCCCN(C1CCCCC1)S(=O)O. The Labute approximate surface area is 166 Å². The number of hydrogen-bond acceptors (Lipinski definition) is 1. The summed E-state index contributed by atoms with van der Waals surface area (Å²) in [7, 11) is 0. The summed E-state index contributed by atoms with van der Waals surface area (Å²) < 4.78 is 23.0. The fourth-order valence-electron chi connectivity index (χ4n) is 4.22. The lowest BCUT2D eigenvalue weighted by Crippen LogP contribution is -2.38. The summed E-state index contributed by atoms with van der Waals surface area (Å²) in [6.07, 6.45) is 24.9. The summed E-state index contributed by atoms with van der Waals surface area (Å²) in [5.41, 5.74) is 0. The van der Waals surface area contributed by atoms with Crippen LogP contribution in [0, 0.1) is 0 Å². The molecule has 1 rings (SSSR count). The van der Waals surface area contributed by atoms with Crippen LogP contribution in [0.3, 0.4) is 0 Å². The molecule has 0 saturated heterocycles. The van der Waals surface area contributed by atoms with Gasteiger partial charge in [0.1, 0.15) is 0 Å². The molecule has 4 heteroatoms. The van der Waals surface area contributed by atoms with Gasteiger partial charge in [0.15, 0.2) is 0 Å². The predicted octanol–water partition coefficient (Wildman–Crippen LogP) is 7.24. The Hall–Kier alpha value is 0.0700. The third kappa shape index (κ3) is 12.5. The maximum absolute atomic E-state index is 11.6. The van der Waals surface area contributed by atoms with E-state index in [1.165, 1.54) is 103 Å². The van der Waals surface area contributed by atoms with E-state index in [1.807, 2.05) is 4.31 Å². The summed E-state index contributed by atoms with van der Waals surface area (Å²) in [4.78, 5) is 0. The van der Waals surface area contributed by atoms with E-state index in [2.05, 4.69) is 6.92 Å². The molecular weight excluding hydrogens is 342 g/mol. The highest BCUT2D eigenvalue weighted by atomic mass is 32.2. The molecule has 1 fully saturated rings. The number of nitrogens with zero attached hydrogens (tertiary/aromatic N) is 1. The molecule has 1 saturated carbocycles. The molecule has 1 unspecified atom stereocenters. The monoisotopic (exact) mass is 387 g/mol. The Morgan fingerprint density at radius 1 is 0.731 bits per heavy atom. The fourth-order valence-corrected chi connectivity index (χ4v) is 4.97. The highest BCUT2D eigenvalue weighted by Gasteiger charge is 2.24. The van der Waals surface area contributed by atoms with Crippen molar-refractivity contribution in [3.63, 3.8) is 0 Å². The van der Waals surface area contributed by atoms with Crippen molar-refractivity contribution < 1.29 is 8.76 Å². The van der Waals surface area contributed by atoms with Gasteiger partial charge < -0.3 is 0 Å². The lowest BCUT2D eigenvalue weighted by Gasteiger charge is -2.30. The van der Waals surface area contributed by atoms with E-state index < -0.39 is 11.3 Å². The second-order valence-electron chi connectivity index (χ2n) is 8.26. The van der Waals surface area contributed by atoms with Crippen LogP contribution in [0.1, 0.15) is 129 Å². The van der Waals surface area contributed by atoms with Crippen molar-refractivity contribution in [3.8, 4) is 0 Å². The van der Waals surface area contributed by atoms with Gasteiger partial charge in [-0.2, -0.15) is 4.31 Å². The minimum Gasteiger partial charge on any atom is -0.294 e. The maximum Gasteiger partial charge on any atom is 0.234 e. The third-order valence-corrected chi connectivity index (χ3v) is 6.80. The minimum absolute atomic E-state index is 0.344. The second-order valence-corrected chi connectivity index (χ2v) is 9.19. The maximum atomic E-state index is 11.6. The van der Waals surface area contributed by atoms with Crippen LogP contribution < -0.4 is 0 Å². The molecule has 3 nitrogen and oxygen atoms in total. The van der Waals surface area contributed by atoms with Crippen LogP contribution in [-0.2, 0) is 11.3 Å². The van der Waals surface area contributed by atoms with Gasteiger partial charge in [-0.25, -0.2) is 4.21 Å². The molecular formula is C22H45NO2S. The third-order valence-electron chi connectivity index (χ3n) is 5.91. The highest BCUT2D eigenvalue weighted by Crippen LogP contribution is 2.24. The number of rotatable bonds is 17. The van der Waals surface area contributed by atoms with Gasteiger partial charge in [0.25, 0.3) is 0 Å². The van der Waals surface area contributed by atoms with E-state index in [0.717, 1.165) is 25.8 Å². The zero-order chi connectivity index (χ0) is 18.9. The van der Waals surface area contributed by atoms with Crippen LogP contribution in [0.4, 0.5) is 0 Å². The largest absolute Gasteiger partial charge is 0.294 e. The lowest BCUT2D eigenvalue weighted by molar-refractivity contribution is 0.245. The quantitative estimate of drug-likeness (QED) is 0.211. The number of unbranched alkanes of at least 4 members (excludes halogenated alkanes) is 13. The van der Waals surface area contributed by atoms with Gasteiger partial charge in [-0.05, 0) is 19.3 Å². The van der Waals surface area contributed by atoms with Crippen LogP contribution in [0.15, 0.2) is 0 Å². The zero-order valence-electron chi connectivity index (χ0n) is 17.4. The molecule has 156 valence electrons. The molecule has 1 aliphatic rings. The van der Waals surface area contributed by atoms with Crippen molar-refractivity contribution in [3.05, 3.63) is 0 Å². The van der Waals surface area contributed by atoms with Gasteiger partial charge in [-0.15, -0.1) is 0 Å². The van der Waals surface area contributed by atoms with Crippen molar-refractivity contribution in [2.24, 2.45) is 0 Å². The average molecular weight is 388 g/mol. The Kier molecular flexibility index (Phi) is 15.9. The van der Waals surface area contributed by atoms with Crippen molar-refractivity contribution in [2.45, 2.75) is 135 Å². The van der Waals surface area contributed by atoms with Gasteiger partial charge in [-0.1, -0.05) is 110 Å². The summed E-state index contributed by atoms with van der Waals surface area (Å²) in [5.74, 6) is 0. The van der Waals surface area contributed by atoms with Crippen molar-refractivity contribution in [1.29, 1.82) is 0 Å². The first-order chi connectivity index (χ1) is 12.8. The molecule has 0 aromatic rings. The molecule has 1 N–H and O–H groups in total. The van der Waals surface area contributed by atoms with Crippen LogP contribution in [0.25, 0.3) is 0 Å². The van der Waals surface area contributed by atoms with Crippen molar-refractivity contribution in [2.75, 3.05) is 6.54 Å². The minimum atomic E-state index is -1.78. The first kappa shape index (κ1) is 24.1. The molecule has 0 aromatic carbocycles. The summed E-state index contributed by atoms with van der Waals surface area (Å²) >= 11 is -1.78. The summed E-state index contributed by atoms with van der Waals surface area (Å²) in [6.45, 7) is 3.08. The van der Waals surface area contributed by atoms with E-state index in [-0.39, 0.29) is 0 Å². The second kappa shape index (κ2) is 17.2. The Balaban J connectivity index is 1.88. The van der Waals surface area contributed by atoms with Gasteiger partial charge in [-0.3, -0.25) is 4.55 Å². The van der Waals surface area contributed by atoms with Gasteiger partial charge >= 0.3 is 0 Å².